The van der Waals surface area contributed by atoms with Gasteiger partial charge in [0.05, 0.1) is 9.90 Å². The summed E-state index contributed by atoms with van der Waals surface area (Å²) in [6.07, 6.45) is 1.25. The van der Waals surface area contributed by atoms with Gasteiger partial charge in [0, 0.05) is 5.56 Å². The molecular formula is C19H18N2O2S2. The van der Waals surface area contributed by atoms with Crippen LogP contribution in [-0.4, -0.2) is 17.1 Å². The van der Waals surface area contributed by atoms with E-state index in [1.165, 1.54) is 11.3 Å². The van der Waals surface area contributed by atoms with Crippen LogP contribution in [0.2, 0.25) is 0 Å². The fourth-order valence-electron chi connectivity index (χ4n) is 2.33. The lowest BCUT2D eigenvalue weighted by molar-refractivity contribution is -0.123. The number of hydrogen-bond acceptors (Lipinski definition) is 5. The standard InChI is InChI=1S/C19H18N2O2S2/c1-13-18(24-2)25-19(20-13)21-17(22)16(14-9-5-3-6-10-14)23-15-11-7-4-8-12-15/h3-12,16H,1-2H3,(H,20,21,22). The topological polar surface area (TPSA) is 51.2 Å². The van der Waals surface area contributed by atoms with E-state index in [1.54, 1.807) is 11.8 Å². The normalized spacial score (nSPS) is 11.8. The molecule has 0 spiro atoms. The zero-order chi connectivity index (χ0) is 17.6. The zero-order valence-electron chi connectivity index (χ0n) is 13.9. The number of rotatable bonds is 6. The molecule has 4 nitrogen and oxygen atoms in total. The number of nitrogens with zero attached hydrogens (tertiary/aromatic N) is 1. The van der Waals surface area contributed by atoms with Crippen molar-refractivity contribution in [3.63, 3.8) is 0 Å². The van der Waals surface area contributed by atoms with Crippen molar-refractivity contribution in [3.05, 3.63) is 71.9 Å². The molecule has 1 amide bonds. The van der Waals surface area contributed by atoms with Crippen molar-refractivity contribution in [2.75, 3.05) is 11.6 Å². The van der Waals surface area contributed by atoms with Crippen molar-refractivity contribution in [3.8, 4) is 5.75 Å². The van der Waals surface area contributed by atoms with Gasteiger partial charge < -0.3 is 4.74 Å². The van der Waals surface area contributed by atoms with Crippen LogP contribution < -0.4 is 10.1 Å². The third kappa shape index (κ3) is 4.41. The Bertz CT molecular complexity index is 835. The third-order valence-corrected chi connectivity index (χ3v) is 5.79. The number of anilines is 1. The van der Waals surface area contributed by atoms with Crippen LogP contribution in [0.5, 0.6) is 5.75 Å². The maximum absolute atomic E-state index is 12.9. The Morgan fingerprint density at radius 3 is 2.36 bits per heavy atom. The highest BCUT2D eigenvalue weighted by atomic mass is 32.2. The quantitative estimate of drug-likeness (QED) is 0.625. The van der Waals surface area contributed by atoms with E-state index in [0.717, 1.165) is 15.5 Å². The number of benzene rings is 2. The molecular weight excluding hydrogens is 352 g/mol. The summed E-state index contributed by atoms with van der Waals surface area (Å²) in [6.45, 7) is 1.94. The smallest absolute Gasteiger partial charge is 0.271 e. The first-order valence-electron chi connectivity index (χ1n) is 7.76. The molecule has 1 N–H and O–H groups in total. The Morgan fingerprint density at radius 2 is 1.76 bits per heavy atom. The number of aryl methyl sites for hydroxylation is 1. The SMILES string of the molecule is CSc1sc(NC(=O)C(Oc2ccccc2)c2ccccc2)nc1C. The van der Waals surface area contributed by atoms with Crippen LogP contribution in [0, 0.1) is 6.92 Å². The summed E-state index contributed by atoms with van der Waals surface area (Å²) in [5, 5.41) is 3.47. The van der Waals surface area contributed by atoms with Gasteiger partial charge in [-0.25, -0.2) is 4.98 Å². The Kier molecular flexibility index (Phi) is 5.73. The summed E-state index contributed by atoms with van der Waals surface area (Å²) >= 11 is 3.10. The number of thiazole rings is 1. The minimum absolute atomic E-state index is 0.239. The van der Waals surface area contributed by atoms with E-state index in [1.807, 2.05) is 73.8 Å². The third-order valence-electron chi connectivity index (χ3n) is 3.51. The number of thioether (sulfide) groups is 1. The number of hydrogen-bond donors (Lipinski definition) is 1. The number of amides is 1. The molecule has 3 rings (SSSR count). The molecule has 6 heteroatoms. The predicted molar refractivity (Wildman–Crippen MR) is 104 cm³/mol. The van der Waals surface area contributed by atoms with Crippen LogP contribution in [0.3, 0.4) is 0 Å². The van der Waals surface area contributed by atoms with Crippen molar-refractivity contribution in [1.29, 1.82) is 0 Å². The van der Waals surface area contributed by atoms with Gasteiger partial charge in [0.15, 0.2) is 5.13 Å². The molecule has 0 saturated heterocycles. The molecule has 0 aliphatic heterocycles. The van der Waals surface area contributed by atoms with Crippen LogP contribution in [-0.2, 0) is 4.79 Å². The minimum atomic E-state index is -0.745. The van der Waals surface area contributed by atoms with Gasteiger partial charge >= 0.3 is 0 Å². The van der Waals surface area contributed by atoms with Crippen molar-refractivity contribution < 1.29 is 9.53 Å². The summed E-state index contributed by atoms with van der Waals surface area (Å²) in [5.41, 5.74) is 1.72. The molecule has 128 valence electrons. The maximum Gasteiger partial charge on any atom is 0.271 e. The number of para-hydroxylation sites is 1. The fourth-order valence-corrected chi connectivity index (χ4v) is 3.95. The molecule has 1 atom stereocenters. The van der Waals surface area contributed by atoms with E-state index in [4.69, 9.17) is 4.74 Å². The fraction of sp³-hybridized carbons (Fsp3) is 0.158. The highest BCUT2D eigenvalue weighted by Crippen LogP contribution is 2.31. The van der Waals surface area contributed by atoms with E-state index in [9.17, 15) is 4.79 Å². The summed E-state index contributed by atoms with van der Waals surface area (Å²) < 4.78 is 7.05. The number of carbonyl (C=O) groups is 1. The lowest BCUT2D eigenvalue weighted by Gasteiger charge is -2.18. The van der Waals surface area contributed by atoms with Crippen LogP contribution in [0.4, 0.5) is 5.13 Å². The van der Waals surface area contributed by atoms with E-state index < -0.39 is 6.10 Å². The van der Waals surface area contributed by atoms with Crippen LogP contribution >= 0.6 is 23.1 Å². The summed E-state index contributed by atoms with van der Waals surface area (Å²) in [7, 11) is 0. The number of ether oxygens (including phenoxy) is 1. The molecule has 1 aromatic heterocycles. The lowest BCUT2D eigenvalue weighted by atomic mass is 10.1. The number of carbonyl (C=O) groups excluding carboxylic acids is 1. The number of aromatic nitrogens is 1. The van der Waals surface area contributed by atoms with Crippen molar-refractivity contribution >= 4 is 34.1 Å². The summed E-state index contributed by atoms with van der Waals surface area (Å²) in [5.74, 6) is 0.406. The summed E-state index contributed by atoms with van der Waals surface area (Å²) in [4.78, 5) is 17.3. The van der Waals surface area contributed by atoms with Gasteiger partial charge in [0.2, 0.25) is 6.10 Å². The highest BCUT2D eigenvalue weighted by molar-refractivity contribution is 8.00. The second-order valence-corrected chi connectivity index (χ2v) is 7.38. The second-order valence-electron chi connectivity index (χ2n) is 5.31. The maximum atomic E-state index is 12.9. The first-order valence-corrected chi connectivity index (χ1v) is 9.80. The van der Waals surface area contributed by atoms with E-state index in [0.29, 0.717) is 10.9 Å². The van der Waals surface area contributed by atoms with E-state index in [-0.39, 0.29) is 5.91 Å². The Labute approximate surface area is 155 Å². The molecule has 2 aromatic carbocycles. The van der Waals surface area contributed by atoms with Crippen molar-refractivity contribution in [2.45, 2.75) is 17.2 Å². The van der Waals surface area contributed by atoms with Crippen molar-refractivity contribution in [2.24, 2.45) is 0 Å². The van der Waals surface area contributed by atoms with Crippen LogP contribution in [0.1, 0.15) is 17.4 Å². The molecule has 0 bridgehead atoms. The summed E-state index contributed by atoms with van der Waals surface area (Å²) in [6, 6.07) is 18.8. The molecule has 25 heavy (non-hydrogen) atoms. The van der Waals surface area contributed by atoms with Crippen LogP contribution in [0.15, 0.2) is 64.9 Å². The van der Waals surface area contributed by atoms with Gasteiger partial charge in [-0.05, 0) is 25.3 Å². The van der Waals surface area contributed by atoms with Gasteiger partial charge in [-0.1, -0.05) is 59.9 Å². The Morgan fingerprint density at radius 1 is 1.12 bits per heavy atom. The molecule has 3 aromatic rings. The lowest BCUT2D eigenvalue weighted by Crippen LogP contribution is -2.25. The van der Waals surface area contributed by atoms with E-state index in [2.05, 4.69) is 10.3 Å². The van der Waals surface area contributed by atoms with Crippen LogP contribution in [0.25, 0.3) is 0 Å². The minimum Gasteiger partial charge on any atom is -0.476 e. The Balaban J connectivity index is 1.84. The monoisotopic (exact) mass is 370 g/mol. The van der Waals surface area contributed by atoms with Gasteiger partial charge in [0.25, 0.3) is 5.91 Å². The average Bonchev–Trinajstić information content (AvgIpc) is 3.00. The highest BCUT2D eigenvalue weighted by Gasteiger charge is 2.24. The molecule has 0 saturated carbocycles. The first-order chi connectivity index (χ1) is 12.2. The van der Waals surface area contributed by atoms with Crippen molar-refractivity contribution in [1.82, 2.24) is 4.98 Å². The van der Waals surface area contributed by atoms with Gasteiger partial charge in [-0.3, -0.25) is 10.1 Å². The average molecular weight is 370 g/mol. The molecule has 0 fully saturated rings. The van der Waals surface area contributed by atoms with E-state index >= 15 is 0 Å². The van der Waals surface area contributed by atoms with Gasteiger partial charge in [-0.15, -0.1) is 11.8 Å². The zero-order valence-corrected chi connectivity index (χ0v) is 15.6. The number of nitrogens with one attached hydrogen (secondary N) is 1. The predicted octanol–water partition coefficient (Wildman–Crippen LogP) is 4.93. The Hall–Kier alpha value is -2.31. The molecule has 1 unspecified atom stereocenters. The molecule has 0 radical (unpaired) electrons. The largest absolute Gasteiger partial charge is 0.476 e. The molecule has 0 aliphatic carbocycles. The van der Waals surface area contributed by atoms with Gasteiger partial charge in [-0.2, -0.15) is 0 Å². The molecule has 0 aliphatic rings. The molecule has 1 heterocycles. The first kappa shape index (κ1) is 17.5. The second kappa shape index (κ2) is 8.18. The van der Waals surface area contributed by atoms with Gasteiger partial charge in [0.1, 0.15) is 5.75 Å².